The normalized spacial score (nSPS) is 15.8. The Morgan fingerprint density at radius 2 is 1.69 bits per heavy atom. The topological polar surface area (TPSA) is 51.1 Å². The minimum absolute atomic E-state index is 0.114. The molecule has 180 valence electrons. The summed E-state index contributed by atoms with van der Waals surface area (Å²) in [5, 5.41) is 1.38. The van der Waals surface area contributed by atoms with Crippen LogP contribution in [0.1, 0.15) is 23.6 Å². The molecule has 1 aliphatic heterocycles. The number of aliphatic imine (C=N–C) groups is 1. The number of amides is 1. The first kappa shape index (κ1) is 25.2. The van der Waals surface area contributed by atoms with Crippen molar-refractivity contribution in [3.63, 3.8) is 0 Å². The van der Waals surface area contributed by atoms with E-state index < -0.39 is 0 Å². The lowest BCUT2D eigenvalue weighted by atomic mass is 10.1. The standard InChI is InChI=1S/C27H24Cl2N2O3S/c1-4-31-26(32)24(35-27(31)30-20-9-11-21(33-3)12-10-20)15-19-13-22(28)25(23(29)14-19)34-16-18-7-5-17(2)6-8-18/h5-15H,4,16H2,1-3H3/b24-15+,30-27?. The van der Waals surface area contributed by atoms with Gasteiger partial charge in [0.05, 0.1) is 27.7 Å². The third-order valence-electron chi connectivity index (χ3n) is 5.32. The van der Waals surface area contributed by atoms with Gasteiger partial charge >= 0.3 is 0 Å². The fourth-order valence-electron chi connectivity index (χ4n) is 3.43. The molecule has 1 fully saturated rings. The van der Waals surface area contributed by atoms with Crippen LogP contribution in [-0.4, -0.2) is 29.6 Å². The van der Waals surface area contributed by atoms with E-state index in [0.29, 0.717) is 44.6 Å². The zero-order chi connectivity index (χ0) is 24.9. The molecule has 0 radical (unpaired) electrons. The first-order valence-electron chi connectivity index (χ1n) is 11.0. The van der Waals surface area contributed by atoms with Crippen LogP contribution in [0.2, 0.25) is 10.0 Å². The highest BCUT2D eigenvalue weighted by Gasteiger charge is 2.32. The van der Waals surface area contributed by atoms with Gasteiger partial charge in [0.15, 0.2) is 10.9 Å². The largest absolute Gasteiger partial charge is 0.497 e. The van der Waals surface area contributed by atoms with E-state index in [0.717, 1.165) is 17.0 Å². The molecule has 3 aromatic rings. The number of methoxy groups -OCH3 is 1. The molecule has 1 heterocycles. The summed E-state index contributed by atoms with van der Waals surface area (Å²) in [4.78, 5) is 19.8. The van der Waals surface area contributed by atoms with Crippen molar-refractivity contribution in [1.82, 2.24) is 4.90 Å². The van der Waals surface area contributed by atoms with E-state index in [-0.39, 0.29) is 5.91 Å². The zero-order valence-corrected chi connectivity index (χ0v) is 21.9. The third kappa shape index (κ3) is 6.01. The van der Waals surface area contributed by atoms with E-state index >= 15 is 0 Å². The monoisotopic (exact) mass is 526 g/mol. The fraction of sp³-hybridized carbons (Fsp3) is 0.185. The average molecular weight is 527 g/mol. The Kier molecular flexibility index (Phi) is 8.06. The second-order valence-electron chi connectivity index (χ2n) is 7.84. The van der Waals surface area contributed by atoms with Crippen LogP contribution in [0.15, 0.2) is 70.6 Å². The molecule has 0 spiro atoms. The van der Waals surface area contributed by atoms with Crippen molar-refractivity contribution in [2.24, 2.45) is 4.99 Å². The number of likely N-dealkylation sites (N-methyl/N-ethyl adjacent to an activating group) is 1. The van der Waals surface area contributed by atoms with Crippen LogP contribution in [0.3, 0.4) is 0 Å². The number of nitrogens with zero attached hydrogens (tertiary/aromatic N) is 2. The van der Waals surface area contributed by atoms with Crippen LogP contribution in [0, 0.1) is 6.92 Å². The number of benzene rings is 3. The number of carbonyl (C=O) groups is 1. The smallest absolute Gasteiger partial charge is 0.266 e. The van der Waals surface area contributed by atoms with E-state index in [9.17, 15) is 4.79 Å². The van der Waals surface area contributed by atoms with Gasteiger partial charge in [0.1, 0.15) is 12.4 Å². The lowest BCUT2D eigenvalue weighted by Gasteiger charge is -2.12. The highest BCUT2D eigenvalue weighted by Crippen LogP contribution is 2.38. The molecule has 3 aromatic carbocycles. The van der Waals surface area contributed by atoms with Crippen molar-refractivity contribution in [1.29, 1.82) is 0 Å². The molecule has 1 saturated heterocycles. The number of aryl methyl sites for hydroxylation is 1. The van der Waals surface area contributed by atoms with Crippen molar-refractivity contribution >= 4 is 57.8 Å². The predicted molar refractivity (Wildman–Crippen MR) is 145 cm³/mol. The van der Waals surface area contributed by atoms with Gasteiger partial charge in [0, 0.05) is 6.54 Å². The van der Waals surface area contributed by atoms with Gasteiger partial charge in [-0.1, -0.05) is 53.0 Å². The molecule has 0 N–H and O–H groups in total. The van der Waals surface area contributed by atoms with Crippen molar-refractivity contribution in [3.05, 3.63) is 92.3 Å². The summed E-state index contributed by atoms with van der Waals surface area (Å²) < 4.78 is 11.1. The highest BCUT2D eigenvalue weighted by molar-refractivity contribution is 8.18. The molecule has 0 aliphatic carbocycles. The van der Waals surface area contributed by atoms with E-state index in [1.807, 2.05) is 62.4 Å². The summed E-state index contributed by atoms with van der Waals surface area (Å²) in [7, 11) is 1.61. The SMILES string of the molecule is CCN1C(=O)/C(=C\c2cc(Cl)c(OCc3ccc(C)cc3)c(Cl)c2)SC1=Nc1ccc(OC)cc1. The summed E-state index contributed by atoms with van der Waals surface area (Å²) in [5.41, 5.74) is 3.65. The molecule has 0 bridgehead atoms. The fourth-order valence-corrected chi connectivity index (χ4v) is 5.10. The molecule has 4 rings (SSSR count). The molecular formula is C27H24Cl2N2O3S. The second kappa shape index (κ2) is 11.2. The number of ether oxygens (including phenoxy) is 2. The van der Waals surface area contributed by atoms with Crippen molar-refractivity contribution in [2.75, 3.05) is 13.7 Å². The van der Waals surface area contributed by atoms with E-state index in [1.54, 1.807) is 30.2 Å². The number of rotatable bonds is 7. The number of amidine groups is 1. The van der Waals surface area contributed by atoms with Crippen molar-refractivity contribution < 1.29 is 14.3 Å². The van der Waals surface area contributed by atoms with Gasteiger partial charge < -0.3 is 9.47 Å². The van der Waals surface area contributed by atoms with Crippen LogP contribution >= 0.6 is 35.0 Å². The van der Waals surface area contributed by atoms with Gasteiger partial charge in [-0.3, -0.25) is 9.69 Å². The van der Waals surface area contributed by atoms with E-state index in [2.05, 4.69) is 4.99 Å². The van der Waals surface area contributed by atoms with Gasteiger partial charge in [-0.25, -0.2) is 4.99 Å². The molecule has 0 aromatic heterocycles. The molecular weight excluding hydrogens is 503 g/mol. The predicted octanol–water partition coefficient (Wildman–Crippen LogP) is 7.51. The summed E-state index contributed by atoms with van der Waals surface area (Å²) in [6, 6.07) is 18.9. The summed E-state index contributed by atoms with van der Waals surface area (Å²) >= 11 is 14.3. The van der Waals surface area contributed by atoms with E-state index in [1.165, 1.54) is 17.3 Å². The number of hydrogen-bond donors (Lipinski definition) is 0. The van der Waals surface area contributed by atoms with Crippen LogP contribution in [0.4, 0.5) is 5.69 Å². The van der Waals surface area contributed by atoms with Gasteiger partial charge in [0.25, 0.3) is 5.91 Å². The third-order valence-corrected chi connectivity index (χ3v) is 6.89. The minimum Gasteiger partial charge on any atom is -0.497 e. The lowest BCUT2D eigenvalue weighted by molar-refractivity contribution is -0.122. The Hall–Kier alpha value is -2.93. The maximum Gasteiger partial charge on any atom is 0.266 e. The highest BCUT2D eigenvalue weighted by atomic mass is 35.5. The summed E-state index contributed by atoms with van der Waals surface area (Å²) in [5.74, 6) is 1.05. The molecule has 0 saturated carbocycles. The number of thioether (sulfide) groups is 1. The second-order valence-corrected chi connectivity index (χ2v) is 9.66. The molecule has 5 nitrogen and oxygen atoms in total. The minimum atomic E-state index is -0.114. The van der Waals surface area contributed by atoms with Crippen LogP contribution in [0.5, 0.6) is 11.5 Å². The average Bonchev–Trinajstić information content (AvgIpc) is 3.13. The first-order chi connectivity index (χ1) is 16.9. The Morgan fingerprint density at radius 1 is 1.03 bits per heavy atom. The van der Waals surface area contributed by atoms with Gasteiger partial charge in [-0.2, -0.15) is 0 Å². The Morgan fingerprint density at radius 3 is 2.29 bits per heavy atom. The number of halogens is 2. The molecule has 0 unspecified atom stereocenters. The molecule has 1 aliphatic rings. The van der Waals surface area contributed by atoms with Crippen LogP contribution < -0.4 is 9.47 Å². The summed E-state index contributed by atoms with van der Waals surface area (Å²) in [6.07, 6.45) is 1.77. The van der Waals surface area contributed by atoms with Crippen LogP contribution in [-0.2, 0) is 11.4 Å². The molecule has 35 heavy (non-hydrogen) atoms. The van der Waals surface area contributed by atoms with Crippen LogP contribution in [0.25, 0.3) is 6.08 Å². The maximum atomic E-state index is 13.0. The Balaban J connectivity index is 1.54. The summed E-state index contributed by atoms with van der Waals surface area (Å²) in [6.45, 7) is 4.81. The molecule has 1 amide bonds. The first-order valence-corrected chi connectivity index (χ1v) is 12.6. The Labute approximate surface area is 219 Å². The van der Waals surface area contributed by atoms with Gasteiger partial charge in [-0.15, -0.1) is 0 Å². The lowest BCUT2D eigenvalue weighted by Crippen LogP contribution is -2.28. The van der Waals surface area contributed by atoms with E-state index in [4.69, 9.17) is 32.7 Å². The number of hydrogen-bond acceptors (Lipinski definition) is 5. The molecule has 0 atom stereocenters. The van der Waals surface area contributed by atoms with Crippen molar-refractivity contribution in [3.8, 4) is 11.5 Å². The molecule has 8 heteroatoms. The van der Waals surface area contributed by atoms with Crippen molar-refractivity contribution in [2.45, 2.75) is 20.5 Å². The maximum absolute atomic E-state index is 13.0. The Bertz CT molecular complexity index is 1270. The number of carbonyl (C=O) groups excluding carboxylic acids is 1. The quantitative estimate of drug-likeness (QED) is 0.299. The zero-order valence-electron chi connectivity index (χ0n) is 19.5. The van der Waals surface area contributed by atoms with Gasteiger partial charge in [-0.05, 0) is 79.2 Å². The van der Waals surface area contributed by atoms with Gasteiger partial charge in [0.2, 0.25) is 0 Å².